The van der Waals surface area contributed by atoms with Crippen LogP contribution in [0.5, 0.6) is 5.75 Å². The van der Waals surface area contributed by atoms with Crippen LogP contribution in [-0.2, 0) is 5.54 Å². The Balaban J connectivity index is 1.95. The molecular formula is C14H19NO. The Hall–Kier alpha value is -1.02. The predicted molar refractivity (Wildman–Crippen MR) is 64.5 cm³/mol. The highest BCUT2D eigenvalue weighted by Gasteiger charge is 2.37. The summed E-state index contributed by atoms with van der Waals surface area (Å²) >= 11 is 0. The van der Waals surface area contributed by atoms with Crippen LogP contribution < -0.4 is 10.5 Å². The molecule has 86 valence electrons. The highest BCUT2D eigenvalue weighted by Crippen LogP contribution is 2.44. The van der Waals surface area contributed by atoms with Crippen LogP contribution >= 0.6 is 0 Å². The van der Waals surface area contributed by atoms with Crippen LogP contribution in [0.2, 0.25) is 0 Å². The van der Waals surface area contributed by atoms with E-state index >= 15 is 0 Å². The summed E-state index contributed by atoms with van der Waals surface area (Å²) in [5, 5.41) is 0. The first-order chi connectivity index (χ1) is 7.67. The zero-order valence-electron chi connectivity index (χ0n) is 9.83. The van der Waals surface area contributed by atoms with Gasteiger partial charge in [-0.25, -0.2) is 0 Å². The molecule has 1 aromatic rings. The summed E-state index contributed by atoms with van der Waals surface area (Å²) in [6.07, 6.45) is 6.28. The molecule has 0 atom stereocenters. The molecule has 16 heavy (non-hydrogen) atoms. The first-order valence-corrected chi connectivity index (χ1v) is 6.24. The van der Waals surface area contributed by atoms with E-state index in [4.69, 9.17) is 10.5 Å². The molecule has 2 heteroatoms. The molecule has 1 aromatic carbocycles. The van der Waals surface area contributed by atoms with E-state index in [1.807, 2.05) is 0 Å². The Morgan fingerprint density at radius 2 is 2.06 bits per heavy atom. The van der Waals surface area contributed by atoms with E-state index in [0.29, 0.717) is 6.10 Å². The van der Waals surface area contributed by atoms with Crippen molar-refractivity contribution in [2.45, 2.75) is 50.7 Å². The number of rotatable bonds is 3. The molecule has 3 rings (SSSR count). The normalized spacial score (nSPS) is 22.6. The quantitative estimate of drug-likeness (QED) is 0.845. The van der Waals surface area contributed by atoms with Gasteiger partial charge in [-0.05, 0) is 45.1 Å². The number of aryl methyl sites for hydroxylation is 1. The molecule has 0 amide bonds. The van der Waals surface area contributed by atoms with E-state index in [-0.39, 0.29) is 5.54 Å². The zero-order valence-corrected chi connectivity index (χ0v) is 9.83. The molecule has 0 aliphatic heterocycles. The van der Waals surface area contributed by atoms with Crippen molar-refractivity contribution in [2.24, 2.45) is 5.73 Å². The van der Waals surface area contributed by atoms with E-state index in [9.17, 15) is 0 Å². The monoisotopic (exact) mass is 217 g/mol. The summed E-state index contributed by atoms with van der Waals surface area (Å²) in [6.45, 7) is 2.12. The summed E-state index contributed by atoms with van der Waals surface area (Å²) in [5.74, 6) is 1.02. The summed E-state index contributed by atoms with van der Waals surface area (Å²) in [6, 6.07) is 6.41. The van der Waals surface area contributed by atoms with Crippen molar-refractivity contribution in [3.8, 4) is 5.75 Å². The van der Waals surface area contributed by atoms with Crippen molar-refractivity contribution < 1.29 is 4.74 Å². The molecule has 0 aromatic heterocycles. The van der Waals surface area contributed by atoms with Gasteiger partial charge in [0, 0.05) is 11.1 Å². The van der Waals surface area contributed by atoms with Gasteiger partial charge in [0.25, 0.3) is 0 Å². The van der Waals surface area contributed by atoms with Crippen molar-refractivity contribution in [1.82, 2.24) is 0 Å². The lowest BCUT2D eigenvalue weighted by Crippen LogP contribution is -2.43. The maximum absolute atomic E-state index is 6.41. The Bertz CT molecular complexity index is 405. The van der Waals surface area contributed by atoms with Crippen molar-refractivity contribution in [3.05, 3.63) is 29.3 Å². The standard InChI is InChI=1S/C14H19NO/c1-10-3-6-13(16-11-4-5-11)12(9-10)14(15)7-2-8-14/h3,6,9,11H,2,4-5,7-8,15H2,1H3. The summed E-state index contributed by atoms with van der Waals surface area (Å²) in [7, 11) is 0. The SMILES string of the molecule is Cc1ccc(OC2CC2)c(C2(N)CCC2)c1. The summed E-state index contributed by atoms with van der Waals surface area (Å²) < 4.78 is 5.95. The third-order valence-electron chi connectivity index (χ3n) is 3.74. The predicted octanol–water partition coefficient (Wildman–Crippen LogP) is 2.87. The van der Waals surface area contributed by atoms with Crippen LogP contribution in [0.15, 0.2) is 18.2 Å². The van der Waals surface area contributed by atoms with Crippen molar-refractivity contribution >= 4 is 0 Å². The van der Waals surface area contributed by atoms with Gasteiger partial charge < -0.3 is 10.5 Å². The van der Waals surface area contributed by atoms with Gasteiger partial charge in [0.2, 0.25) is 0 Å². The maximum atomic E-state index is 6.41. The van der Waals surface area contributed by atoms with Crippen molar-refractivity contribution in [1.29, 1.82) is 0 Å². The molecule has 0 spiro atoms. The number of hydrogen-bond acceptors (Lipinski definition) is 2. The molecule has 2 N–H and O–H groups in total. The van der Waals surface area contributed by atoms with E-state index in [1.165, 1.54) is 30.4 Å². The van der Waals surface area contributed by atoms with E-state index < -0.39 is 0 Å². The van der Waals surface area contributed by atoms with E-state index in [0.717, 1.165) is 18.6 Å². The number of benzene rings is 1. The molecule has 2 aliphatic carbocycles. The largest absolute Gasteiger partial charge is 0.490 e. The molecule has 0 saturated heterocycles. The third-order valence-corrected chi connectivity index (χ3v) is 3.74. The lowest BCUT2D eigenvalue weighted by Gasteiger charge is -2.39. The zero-order chi connectivity index (χ0) is 11.2. The summed E-state index contributed by atoms with van der Waals surface area (Å²) in [5.41, 5.74) is 8.80. The molecule has 0 radical (unpaired) electrons. The van der Waals surface area contributed by atoms with E-state index in [1.54, 1.807) is 0 Å². The smallest absolute Gasteiger partial charge is 0.124 e. The van der Waals surface area contributed by atoms with Crippen molar-refractivity contribution in [2.75, 3.05) is 0 Å². The molecule has 0 bridgehead atoms. The average Bonchev–Trinajstić information content (AvgIpc) is 3.01. The minimum atomic E-state index is -0.115. The van der Waals surface area contributed by atoms with Crippen LogP contribution in [-0.4, -0.2) is 6.10 Å². The first kappa shape index (κ1) is 10.2. The Labute approximate surface area is 96.8 Å². The van der Waals surface area contributed by atoms with Gasteiger partial charge in [0.05, 0.1) is 6.10 Å². The van der Waals surface area contributed by atoms with Crippen LogP contribution in [0.3, 0.4) is 0 Å². The fourth-order valence-electron chi connectivity index (χ4n) is 2.33. The van der Waals surface area contributed by atoms with Gasteiger partial charge in [-0.15, -0.1) is 0 Å². The molecular weight excluding hydrogens is 198 g/mol. The average molecular weight is 217 g/mol. The molecule has 2 aliphatic rings. The number of nitrogens with two attached hydrogens (primary N) is 1. The second-order valence-electron chi connectivity index (χ2n) is 5.33. The maximum Gasteiger partial charge on any atom is 0.124 e. The molecule has 0 heterocycles. The summed E-state index contributed by atoms with van der Waals surface area (Å²) in [4.78, 5) is 0. The molecule has 2 saturated carbocycles. The van der Waals surface area contributed by atoms with Gasteiger partial charge >= 0.3 is 0 Å². The second kappa shape index (κ2) is 3.49. The minimum absolute atomic E-state index is 0.115. The van der Waals surface area contributed by atoms with Crippen molar-refractivity contribution in [3.63, 3.8) is 0 Å². The first-order valence-electron chi connectivity index (χ1n) is 6.24. The highest BCUT2D eigenvalue weighted by atomic mass is 16.5. The van der Waals surface area contributed by atoms with Gasteiger partial charge in [-0.3, -0.25) is 0 Å². The van der Waals surface area contributed by atoms with Crippen LogP contribution in [0.1, 0.15) is 43.2 Å². The highest BCUT2D eigenvalue weighted by molar-refractivity contribution is 5.43. The topological polar surface area (TPSA) is 35.2 Å². The van der Waals surface area contributed by atoms with Gasteiger partial charge in [-0.1, -0.05) is 17.7 Å². The fourth-order valence-corrected chi connectivity index (χ4v) is 2.33. The van der Waals surface area contributed by atoms with Gasteiger partial charge in [0.1, 0.15) is 5.75 Å². The van der Waals surface area contributed by atoms with Gasteiger partial charge in [-0.2, -0.15) is 0 Å². The van der Waals surface area contributed by atoms with Crippen LogP contribution in [0, 0.1) is 6.92 Å². The Morgan fingerprint density at radius 1 is 1.31 bits per heavy atom. The van der Waals surface area contributed by atoms with Crippen LogP contribution in [0.4, 0.5) is 0 Å². The molecule has 0 unspecified atom stereocenters. The second-order valence-corrected chi connectivity index (χ2v) is 5.33. The van der Waals surface area contributed by atoms with E-state index in [2.05, 4.69) is 25.1 Å². The Kier molecular flexibility index (Phi) is 2.21. The third kappa shape index (κ3) is 1.71. The fraction of sp³-hybridized carbons (Fsp3) is 0.571. The minimum Gasteiger partial charge on any atom is -0.490 e. The number of hydrogen-bond donors (Lipinski definition) is 1. The lowest BCUT2D eigenvalue weighted by molar-refractivity contribution is 0.231. The van der Waals surface area contributed by atoms with Gasteiger partial charge in [0.15, 0.2) is 0 Å². The lowest BCUT2D eigenvalue weighted by atomic mass is 9.72. The molecule has 2 nitrogen and oxygen atoms in total. The Morgan fingerprint density at radius 3 is 2.62 bits per heavy atom. The molecule has 2 fully saturated rings. The van der Waals surface area contributed by atoms with Crippen LogP contribution in [0.25, 0.3) is 0 Å². The number of ether oxygens (including phenoxy) is 1.